The van der Waals surface area contributed by atoms with E-state index in [-0.39, 0.29) is 16.7 Å². The molecule has 4 nitrogen and oxygen atoms in total. The molecule has 0 fully saturated rings. The van der Waals surface area contributed by atoms with E-state index in [0.29, 0.717) is 17.4 Å². The summed E-state index contributed by atoms with van der Waals surface area (Å²) in [5, 5.41) is 0.100. The van der Waals surface area contributed by atoms with Gasteiger partial charge in [0.2, 0.25) is 15.0 Å². The van der Waals surface area contributed by atoms with Gasteiger partial charge in [0.1, 0.15) is 5.82 Å². The Morgan fingerprint density at radius 3 is 2.12 bits per heavy atom. The standard InChI is InChI=1S/C19H27FN2O2S/c1-13(2)10-17-18(11-14(3)4)22(5)19(21-17)25(23,24)12-15-6-8-16(20)9-7-15/h6-9,13-14H,10-12H2,1-5H3. The van der Waals surface area contributed by atoms with Crippen molar-refractivity contribution in [2.24, 2.45) is 18.9 Å². The molecule has 0 spiro atoms. The first-order chi connectivity index (χ1) is 11.6. The van der Waals surface area contributed by atoms with Gasteiger partial charge in [-0.2, -0.15) is 0 Å². The Kier molecular flexibility index (Phi) is 6.03. The number of aromatic nitrogens is 2. The molecular formula is C19H27FN2O2S. The summed E-state index contributed by atoms with van der Waals surface area (Å²) in [6, 6.07) is 5.55. The largest absolute Gasteiger partial charge is 0.322 e. The Balaban J connectivity index is 2.42. The number of nitrogens with zero attached hydrogens (tertiary/aromatic N) is 2. The summed E-state index contributed by atoms with van der Waals surface area (Å²) in [7, 11) is -1.83. The van der Waals surface area contributed by atoms with E-state index in [1.807, 2.05) is 0 Å². The SMILES string of the molecule is CC(C)Cc1nc(S(=O)(=O)Cc2ccc(F)cc2)n(C)c1CC(C)C. The summed E-state index contributed by atoms with van der Waals surface area (Å²) in [6.07, 6.45) is 1.54. The molecule has 0 radical (unpaired) electrons. The first-order valence-electron chi connectivity index (χ1n) is 8.61. The number of rotatable bonds is 7. The zero-order valence-corrected chi connectivity index (χ0v) is 16.4. The fourth-order valence-electron chi connectivity index (χ4n) is 2.90. The highest BCUT2D eigenvalue weighted by atomic mass is 32.2. The minimum absolute atomic E-state index is 0.100. The number of hydrogen-bond acceptors (Lipinski definition) is 3. The average molecular weight is 367 g/mol. The number of halogens is 1. The predicted molar refractivity (Wildman–Crippen MR) is 97.6 cm³/mol. The van der Waals surface area contributed by atoms with Crippen molar-refractivity contribution in [1.29, 1.82) is 0 Å². The second kappa shape index (κ2) is 7.68. The van der Waals surface area contributed by atoms with Crippen LogP contribution in [-0.2, 0) is 35.5 Å². The summed E-state index contributed by atoms with van der Waals surface area (Å²) in [5.41, 5.74) is 2.41. The Morgan fingerprint density at radius 2 is 1.60 bits per heavy atom. The maximum atomic E-state index is 13.0. The van der Waals surface area contributed by atoms with Gasteiger partial charge in [-0.05, 0) is 42.4 Å². The molecule has 0 amide bonds. The van der Waals surface area contributed by atoms with Crippen molar-refractivity contribution in [3.8, 4) is 0 Å². The van der Waals surface area contributed by atoms with Crippen LogP contribution in [0, 0.1) is 17.7 Å². The molecule has 25 heavy (non-hydrogen) atoms. The van der Waals surface area contributed by atoms with E-state index in [9.17, 15) is 12.8 Å². The van der Waals surface area contributed by atoms with Gasteiger partial charge < -0.3 is 4.57 Å². The third kappa shape index (κ3) is 4.91. The number of benzene rings is 1. The van der Waals surface area contributed by atoms with Crippen LogP contribution in [0.4, 0.5) is 4.39 Å². The minimum atomic E-state index is -3.60. The second-order valence-corrected chi connectivity index (χ2v) is 9.31. The lowest BCUT2D eigenvalue weighted by atomic mass is 10.0. The highest BCUT2D eigenvalue weighted by Crippen LogP contribution is 2.23. The van der Waals surface area contributed by atoms with Crippen molar-refractivity contribution in [3.63, 3.8) is 0 Å². The van der Waals surface area contributed by atoms with Crippen molar-refractivity contribution in [3.05, 3.63) is 47.0 Å². The van der Waals surface area contributed by atoms with E-state index in [4.69, 9.17) is 0 Å². The number of sulfone groups is 1. The zero-order valence-electron chi connectivity index (χ0n) is 15.6. The normalized spacial score (nSPS) is 12.3. The van der Waals surface area contributed by atoms with E-state index in [1.54, 1.807) is 11.6 Å². The van der Waals surface area contributed by atoms with Gasteiger partial charge in [0.05, 0.1) is 11.4 Å². The maximum absolute atomic E-state index is 13.0. The van der Waals surface area contributed by atoms with Gasteiger partial charge >= 0.3 is 0 Å². The molecule has 2 aromatic rings. The molecule has 0 aliphatic heterocycles. The first kappa shape index (κ1) is 19.6. The van der Waals surface area contributed by atoms with Crippen LogP contribution in [0.3, 0.4) is 0 Å². The number of imidazole rings is 1. The molecule has 1 heterocycles. The molecule has 1 aromatic heterocycles. The van der Waals surface area contributed by atoms with Gasteiger partial charge in [-0.1, -0.05) is 39.8 Å². The highest BCUT2D eigenvalue weighted by molar-refractivity contribution is 7.90. The lowest BCUT2D eigenvalue weighted by Gasteiger charge is -2.11. The summed E-state index contributed by atoms with van der Waals surface area (Å²) in [6.45, 7) is 8.42. The maximum Gasteiger partial charge on any atom is 0.228 e. The highest BCUT2D eigenvalue weighted by Gasteiger charge is 2.26. The molecule has 0 atom stereocenters. The molecule has 0 saturated heterocycles. The minimum Gasteiger partial charge on any atom is -0.322 e. The van der Waals surface area contributed by atoms with Gasteiger partial charge in [0, 0.05) is 12.7 Å². The Hall–Kier alpha value is -1.69. The molecule has 6 heteroatoms. The topological polar surface area (TPSA) is 52.0 Å². The van der Waals surface area contributed by atoms with Crippen LogP contribution in [0.5, 0.6) is 0 Å². The Bertz CT molecular complexity index is 822. The number of hydrogen-bond donors (Lipinski definition) is 0. The lowest BCUT2D eigenvalue weighted by Crippen LogP contribution is -2.13. The lowest BCUT2D eigenvalue weighted by molar-refractivity contribution is 0.565. The summed E-state index contributed by atoms with van der Waals surface area (Å²) < 4.78 is 40.5. The Labute approximate surface area is 150 Å². The molecule has 0 unspecified atom stereocenters. The molecular weight excluding hydrogens is 339 g/mol. The van der Waals surface area contributed by atoms with Crippen molar-refractivity contribution >= 4 is 9.84 Å². The molecule has 0 N–H and O–H groups in total. The smallest absolute Gasteiger partial charge is 0.228 e. The van der Waals surface area contributed by atoms with E-state index in [1.165, 1.54) is 24.3 Å². The van der Waals surface area contributed by atoms with Crippen LogP contribution in [0.1, 0.15) is 44.6 Å². The van der Waals surface area contributed by atoms with Crippen LogP contribution in [-0.4, -0.2) is 18.0 Å². The Morgan fingerprint density at radius 1 is 1.04 bits per heavy atom. The van der Waals surface area contributed by atoms with Gasteiger partial charge in [-0.25, -0.2) is 17.8 Å². The fraction of sp³-hybridized carbons (Fsp3) is 0.526. The quantitative estimate of drug-likeness (QED) is 0.746. The average Bonchev–Trinajstić information content (AvgIpc) is 2.78. The van der Waals surface area contributed by atoms with Crippen molar-refractivity contribution in [1.82, 2.24) is 9.55 Å². The van der Waals surface area contributed by atoms with Gasteiger partial charge in [0.25, 0.3) is 0 Å². The van der Waals surface area contributed by atoms with Crippen LogP contribution in [0.15, 0.2) is 29.4 Å². The molecule has 0 bridgehead atoms. The van der Waals surface area contributed by atoms with Gasteiger partial charge in [-0.3, -0.25) is 0 Å². The van der Waals surface area contributed by atoms with Crippen molar-refractivity contribution < 1.29 is 12.8 Å². The zero-order chi connectivity index (χ0) is 18.8. The van der Waals surface area contributed by atoms with Crippen LogP contribution in [0.2, 0.25) is 0 Å². The van der Waals surface area contributed by atoms with Gasteiger partial charge in [-0.15, -0.1) is 0 Å². The predicted octanol–water partition coefficient (Wildman–Crippen LogP) is 3.93. The van der Waals surface area contributed by atoms with Crippen LogP contribution >= 0.6 is 0 Å². The monoisotopic (exact) mass is 366 g/mol. The molecule has 138 valence electrons. The van der Waals surface area contributed by atoms with E-state index >= 15 is 0 Å². The summed E-state index contributed by atoms with van der Waals surface area (Å²) >= 11 is 0. The van der Waals surface area contributed by atoms with Gasteiger partial charge in [0.15, 0.2) is 0 Å². The molecule has 1 aromatic carbocycles. The molecule has 2 rings (SSSR count). The molecule has 0 aliphatic carbocycles. The van der Waals surface area contributed by atoms with Crippen LogP contribution in [0.25, 0.3) is 0 Å². The van der Waals surface area contributed by atoms with E-state index in [0.717, 1.165) is 24.2 Å². The summed E-state index contributed by atoms with van der Waals surface area (Å²) in [4.78, 5) is 4.49. The third-order valence-electron chi connectivity index (χ3n) is 4.01. The van der Waals surface area contributed by atoms with Crippen molar-refractivity contribution in [2.45, 2.75) is 51.4 Å². The van der Waals surface area contributed by atoms with E-state index < -0.39 is 9.84 Å². The molecule has 0 saturated carbocycles. The van der Waals surface area contributed by atoms with Crippen LogP contribution < -0.4 is 0 Å². The summed E-state index contributed by atoms with van der Waals surface area (Å²) in [5.74, 6) is 0.249. The first-order valence-corrected chi connectivity index (χ1v) is 10.3. The third-order valence-corrected chi connectivity index (χ3v) is 5.64. The molecule has 0 aliphatic rings. The second-order valence-electron chi connectivity index (χ2n) is 7.43. The van der Waals surface area contributed by atoms with Crippen molar-refractivity contribution in [2.75, 3.05) is 0 Å². The fourth-order valence-corrected chi connectivity index (χ4v) is 4.44. The van der Waals surface area contributed by atoms with E-state index in [2.05, 4.69) is 32.7 Å².